The minimum absolute atomic E-state index is 0.0413. The topological polar surface area (TPSA) is 49.8 Å². The van der Waals surface area contributed by atoms with Crippen LogP contribution in [0.3, 0.4) is 0 Å². The van der Waals surface area contributed by atoms with Crippen LogP contribution < -0.4 is 0 Å². The third-order valence-electron chi connectivity index (χ3n) is 4.45. The minimum Gasteiger partial charge on any atom is -0.393 e. The predicted molar refractivity (Wildman–Crippen MR) is 73.8 cm³/mol. The Bertz CT molecular complexity index is 306. The van der Waals surface area contributed by atoms with Gasteiger partial charge in [0.05, 0.1) is 18.1 Å². The number of aliphatic hydroxyl groups is 1. The summed E-state index contributed by atoms with van der Waals surface area (Å²) in [7, 11) is 0. The smallest absolute Gasteiger partial charge is 0.228 e. The molecule has 0 aromatic carbocycles. The standard InChI is InChI=1S/C15H27NO3/c1-3-14-13(7-9-19-14)15(18)16-8-5-4-6-12(16)10-11(2)17/h11-14,17H,3-10H2,1-2H3. The summed E-state index contributed by atoms with van der Waals surface area (Å²) in [4.78, 5) is 14.8. The Morgan fingerprint density at radius 2 is 2.21 bits per heavy atom. The summed E-state index contributed by atoms with van der Waals surface area (Å²) in [6, 6.07) is 0.222. The van der Waals surface area contributed by atoms with Crippen LogP contribution in [-0.4, -0.2) is 47.3 Å². The second-order valence-corrected chi connectivity index (χ2v) is 5.98. The third kappa shape index (κ3) is 3.48. The molecule has 4 heteroatoms. The summed E-state index contributed by atoms with van der Waals surface area (Å²) >= 11 is 0. The van der Waals surface area contributed by atoms with Gasteiger partial charge in [0.25, 0.3) is 0 Å². The van der Waals surface area contributed by atoms with E-state index in [2.05, 4.69) is 6.92 Å². The monoisotopic (exact) mass is 269 g/mol. The predicted octanol–water partition coefficient (Wildman–Crippen LogP) is 1.95. The van der Waals surface area contributed by atoms with Crippen LogP contribution in [0.4, 0.5) is 0 Å². The number of aliphatic hydroxyl groups excluding tert-OH is 1. The van der Waals surface area contributed by atoms with Crippen LogP contribution in [0, 0.1) is 5.92 Å². The van der Waals surface area contributed by atoms with E-state index in [4.69, 9.17) is 4.74 Å². The summed E-state index contributed by atoms with van der Waals surface area (Å²) in [6.07, 6.45) is 5.52. The summed E-state index contributed by atoms with van der Waals surface area (Å²) < 4.78 is 5.65. The third-order valence-corrected chi connectivity index (χ3v) is 4.45. The van der Waals surface area contributed by atoms with E-state index in [-0.39, 0.29) is 30.1 Å². The number of amides is 1. The Kier molecular flexibility index (Phi) is 5.22. The lowest BCUT2D eigenvalue weighted by molar-refractivity contribution is -0.141. The molecule has 0 saturated carbocycles. The lowest BCUT2D eigenvalue weighted by Gasteiger charge is -2.38. The van der Waals surface area contributed by atoms with E-state index in [1.54, 1.807) is 0 Å². The van der Waals surface area contributed by atoms with Gasteiger partial charge >= 0.3 is 0 Å². The van der Waals surface area contributed by atoms with Gasteiger partial charge in [0.15, 0.2) is 0 Å². The maximum atomic E-state index is 12.7. The molecule has 1 N–H and O–H groups in total. The molecule has 0 radical (unpaired) electrons. The number of hydrogen-bond acceptors (Lipinski definition) is 3. The van der Waals surface area contributed by atoms with E-state index >= 15 is 0 Å². The molecule has 2 saturated heterocycles. The molecule has 1 amide bonds. The van der Waals surface area contributed by atoms with Crippen molar-refractivity contribution in [2.45, 2.75) is 70.6 Å². The Balaban J connectivity index is 2.02. The van der Waals surface area contributed by atoms with Gasteiger partial charge < -0.3 is 14.7 Å². The zero-order valence-corrected chi connectivity index (χ0v) is 12.2. The first-order valence-corrected chi connectivity index (χ1v) is 7.73. The molecule has 2 aliphatic rings. The number of likely N-dealkylation sites (tertiary alicyclic amines) is 1. The second kappa shape index (κ2) is 6.71. The van der Waals surface area contributed by atoms with Crippen LogP contribution in [0.1, 0.15) is 52.4 Å². The molecular formula is C15H27NO3. The van der Waals surface area contributed by atoms with Gasteiger partial charge in [-0.3, -0.25) is 4.79 Å². The average Bonchev–Trinajstić information content (AvgIpc) is 2.86. The van der Waals surface area contributed by atoms with Crippen molar-refractivity contribution >= 4 is 5.91 Å². The van der Waals surface area contributed by atoms with Crippen LogP contribution in [0.5, 0.6) is 0 Å². The lowest BCUT2D eigenvalue weighted by Crippen LogP contribution is -2.48. The first-order chi connectivity index (χ1) is 9.13. The van der Waals surface area contributed by atoms with Gasteiger partial charge in [-0.25, -0.2) is 0 Å². The van der Waals surface area contributed by atoms with E-state index in [0.29, 0.717) is 13.0 Å². The molecule has 0 aliphatic carbocycles. The van der Waals surface area contributed by atoms with Crippen molar-refractivity contribution in [2.75, 3.05) is 13.2 Å². The summed E-state index contributed by atoms with van der Waals surface area (Å²) in [6.45, 7) is 5.46. The van der Waals surface area contributed by atoms with Crippen LogP contribution in [0.2, 0.25) is 0 Å². The lowest BCUT2D eigenvalue weighted by atomic mass is 9.92. The molecule has 2 rings (SSSR count). The maximum Gasteiger partial charge on any atom is 0.228 e. The van der Waals surface area contributed by atoms with Crippen LogP contribution in [0.15, 0.2) is 0 Å². The molecule has 0 spiro atoms. The summed E-state index contributed by atoms with van der Waals surface area (Å²) in [5.41, 5.74) is 0. The molecule has 19 heavy (non-hydrogen) atoms. The van der Waals surface area contributed by atoms with Crippen molar-refractivity contribution in [3.63, 3.8) is 0 Å². The number of hydrogen-bond donors (Lipinski definition) is 1. The van der Waals surface area contributed by atoms with Crippen molar-refractivity contribution < 1.29 is 14.6 Å². The van der Waals surface area contributed by atoms with Crippen molar-refractivity contribution in [2.24, 2.45) is 5.92 Å². The van der Waals surface area contributed by atoms with Gasteiger partial charge in [0, 0.05) is 19.2 Å². The van der Waals surface area contributed by atoms with Crippen molar-refractivity contribution in [3.8, 4) is 0 Å². The van der Waals surface area contributed by atoms with Crippen molar-refractivity contribution in [3.05, 3.63) is 0 Å². The van der Waals surface area contributed by atoms with E-state index < -0.39 is 0 Å². The van der Waals surface area contributed by atoms with Crippen molar-refractivity contribution in [1.82, 2.24) is 4.90 Å². The molecule has 0 aromatic heterocycles. The number of carbonyl (C=O) groups is 1. The molecule has 2 heterocycles. The van der Waals surface area contributed by atoms with Crippen molar-refractivity contribution in [1.29, 1.82) is 0 Å². The Morgan fingerprint density at radius 1 is 1.42 bits per heavy atom. The minimum atomic E-state index is -0.333. The first-order valence-electron chi connectivity index (χ1n) is 7.73. The molecule has 0 bridgehead atoms. The molecule has 4 unspecified atom stereocenters. The Hall–Kier alpha value is -0.610. The fraction of sp³-hybridized carbons (Fsp3) is 0.933. The largest absolute Gasteiger partial charge is 0.393 e. The maximum absolute atomic E-state index is 12.7. The zero-order chi connectivity index (χ0) is 13.8. The number of rotatable bonds is 4. The van der Waals surface area contributed by atoms with Crippen LogP contribution in [0.25, 0.3) is 0 Å². The summed E-state index contributed by atoms with van der Waals surface area (Å²) in [5.74, 6) is 0.300. The number of piperidine rings is 1. The van der Waals surface area contributed by atoms with Gasteiger partial charge in [-0.2, -0.15) is 0 Å². The van der Waals surface area contributed by atoms with Gasteiger partial charge in [-0.05, 0) is 45.4 Å². The SMILES string of the molecule is CCC1OCCC1C(=O)N1CCCCC1CC(C)O. The van der Waals surface area contributed by atoms with Crippen LogP contribution >= 0.6 is 0 Å². The van der Waals surface area contributed by atoms with E-state index in [0.717, 1.165) is 32.2 Å². The molecule has 4 atom stereocenters. The highest BCUT2D eigenvalue weighted by atomic mass is 16.5. The average molecular weight is 269 g/mol. The van der Waals surface area contributed by atoms with E-state index in [9.17, 15) is 9.90 Å². The second-order valence-electron chi connectivity index (χ2n) is 5.98. The zero-order valence-electron chi connectivity index (χ0n) is 12.2. The number of ether oxygens (including phenoxy) is 1. The fourth-order valence-corrected chi connectivity index (χ4v) is 3.48. The molecule has 2 fully saturated rings. The highest BCUT2D eigenvalue weighted by Crippen LogP contribution is 2.29. The first kappa shape index (κ1) is 14.8. The molecular weight excluding hydrogens is 242 g/mol. The van der Waals surface area contributed by atoms with Gasteiger partial charge in [-0.15, -0.1) is 0 Å². The normalized spacial score (nSPS) is 33.4. The number of nitrogens with zero attached hydrogens (tertiary/aromatic N) is 1. The van der Waals surface area contributed by atoms with E-state index in [1.165, 1.54) is 6.42 Å². The number of carbonyl (C=O) groups excluding carboxylic acids is 1. The molecule has 110 valence electrons. The fourth-order valence-electron chi connectivity index (χ4n) is 3.48. The quantitative estimate of drug-likeness (QED) is 0.848. The molecule has 0 aromatic rings. The van der Waals surface area contributed by atoms with Gasteiger partial charge in [0.2, 0.25) is 5.91 Å². The van der Waals surface area contributed by atoms with Gasteiger partial charge in [0.1, 0.15) is 0 Å². The van der Waals surface area contributed by atoms with Crippen LogP contribution in [-0.2, 0) is 9.53 Å². The Morgan fingerprint density at radius 3 is 2.89 bits per heavy atom. The summed E-state index contributed by atoms with van der Waals surface area (Å²) in [5, 5.41) is 9.61. The molecule has 4 nitrogen and oxygen atoms in total. The van der Waals surface area contributed by atoms with E-state index in [1.807, 2.05) is 11.8 Å². The molecule has 2 aliphatic heterocycles. The highest BCUT2D eigenvalue weighted by molar-refractivity contribution is 5.80. The van der Waals surface area contributed by atoms with Gasteiger partial charge in [-0.1, -0.05) is 6.92 Å². The Labute approximate surface area is 116 Å². The highest BCUT2D eigenvalue weighted by Gasteiger charge is 2.38.